The summed E-state index contributed by atoms with van der Waals surface area (Å²) in [6, 6.07) is 8.11. The third-order valence-electron chi connectivity index (χ3n) is 3.18. The van der Waals surface area contributed by atoms with Gasteiger partial charge in [-0.15, -0.1) is 11.8 Å². The molecule has 1 aliphatic rings. The molecule has 0 saturated carbocycles. The van der Waals surface area contributed by atoms with Crippen LogP contribution in [0.5, 0.6) is 0 Å². The molecule has 18 heavy (non-hydrogen) atoms. The van der Waals surface area contributed by atoms with Gasteiger partial charge in [-0.2, -0.15) is 0 Å². The van der Waals surface area contributed by atoms with Crippen LogP contribution in [-0.4, -0.2) is 18.8 Å². The summed E-state index contributed by atoms with van der Waals surface area (Å²) in [7, 11) is 0. The van der Waals surface area contributed by atoms with Crippen molar-refractivity contribution in [3.8, 4) is 0 Å². The zero-order chi connectivity index (χ0) is 13.2. The lowest BCUT2D eigenvalue weighted by molar-refractivity contribution is -0.137. The average molecular weight is 263 g/mol. The molecule has 0 spiro atoms. The number of esters is 1. The third-order valence-corrected chi connectivity index (χ3v) is 4.44. The van der Waals surface area contributed by atoms with E-state index in [4.69, 9.17) is 4.74 Å². The summed E-state index contributed by atoms with van der Waals surface area (Å²) in [5.74, 6) is -0.298. The molecule has 1 unspecified atom stereocenters. The predicted molar refractivity (Wildman–Crippen MR) is 75.6 cm³/mol. The summed E-state index contributed by atoms with van der Waals surface area (Å²) in [5.41, 5.74) is 3.15. The molecule has 1 heterocycles. The molecule has 0 saturated heterocycles. The van der Waals surface area contributed by atoms with Crippen molar-refractivity contribution >= 4 is 23.4 Å². The van der Waals surface area contributed by atoms with E-state index >= 15 is 0 Å². The van der Waals surface area contributed by atoms with Crippen molar-refractivity contribution in [3.63, 3.8) is 0 Å². The van der Waals surface area contributed by atoms with Crippen LogP contribution in [0.4, 0.5) is 5.69 Å². The Morgan fingerprint density at radius 3 is 2.89 bits per heavy atom. The van der Waals surface area contributed by atoms with Crippen LogP contribution in [0.3, 0.4) is 0 Å². The Hall–Kier alpha value is -1.42. The smallest absolute Gasteiger partial charge is 0.332 e. The number of thioether (sulfide) groups is 1. The highest BCUT2D eigenvalue weighted by molar-refractivity contribution is 7.99. The molecule has 4 heteroatoms. The minimum atomic E-state index is -0.298. The molecule has 0 aromatic heterocycles. The van der Waals surface area contributed by atoms with Gasteiger partial charge >= 0.3 is 5.97 Å². The number of para-hydroxylation sites is 1. The number of carbonyl (C=O) groups excluding carboxylic acids is 1. The van der Waals surface area contributed by atoms with Gasteiger partial charge in [0, 0.05) is 17.5 Å². The number of fused-ring (bicyclic) bond motifs is 1. The molecule has 1 aliphatic heterocycles. The van der Waals surface area contributed by atoms with Crippen LogP contribution in [0.2, 0.25) is 0 Å². The first-order valence-electron chi connectivity index (χ1n) is 5.92. The van der Waals surface area contributed by atoms with Crippen LogP contribution in [-0.2, 0) is 14.3 Å². The Labute approximate surface area is 112 Å². The molecule has 0 aliphatic carbocycles. The van der Waals surface area contributed by atoms with Crippen LogP contribution < -0.4 is 5.32 Å². The largest absolute Gasteiger partial charge is 0.463 e. The fraction of sp³-hybridized carbons (Fsp3) is 0.357. The van der Waals surface area contributed by atoms with E-state index in [1.807, 2.05) is 24.5 Å². The minimum absolute atomic E-state index is 0.219. The number of nitrogens with one attached hydrogen (secondary N) is 1. The molecule has 1 aromatic rings. The number of ether oxygens (including phenoxy) is 1. The second-order valence-electron chi connectivity index (χ2n) is 4.22. The minimum Gasteiger partial charge on any atom is -0.463 e. The molecule has 1 N–H and O–H groups in total. The molecule has 3 nitrogen and oxygen atoms in total. The maximum Gasteiger partial charge on any atom is 0.332 e. The van der Waals surface area contributed by atoms with Crippen molar-refractivity contribution in [2.24, 2.45) is 0 Å². The lowest BCUT2D eigenvalue weighted by atomic mass is 9.99. The van der Waals surface area contributed by atoms with E-state index < -0.39 is 0 Å². The number of hydrogen-bond acceptors (Lipinski definition) is 4. The molecule has 1 atom stereocenters. The summed E-state index contributed by atoms with van der Waals surface area (Å²) < 4.78 is 4.76. The van der Waals surface area contributed by atoms with Gasteiger partial charge in [-0.3, -0.25) is 0 Å². The summed E-state index contributed by atoms with van der Waals surface area (Å²) in [5, 5.41) is 3.30. The molecule has 0 fully saturated rings. The van der Waals surface area contributed by atoms with E-state index in [9.17, 15) is 4.79 Å². The van der Waals surface area contributed by atoms with Crippen LogP contribution in [0.25, 0.3) is 0 Å². The Morgan fingerprint density at radius 2 is 2.22 bits per heavy atom. The number of hydrogen-bond donors (Lipinski definition) is 1. The highest BCUT2D eigenvalue weighted by atomic mass is 32.2. The van der Waals surface area contributed by atoms with Gasteiger partial charge in [-0.25, -0.2) is 4.79 Å². The quantitative estimate of drug-likeness (QED) is 0.671. The standard InChI is InChI=1S/C14H17NO2S/c1-4-17-13(16)9-12-14(2,18-3)10-7-5-6-8-11(10)15-12/h5-9,15H,4H2,1-3H3/b12-9-. The Kier molecular flexibility index (Phi) is 3.66. The normalized spacial score (nSPS) is 23.6. The van der Waals surface area contributed by atoms with Crippen molar-refractivity contribution in [2.75, 3.05) is 18.2 Å². The van der Waals surface area contributed by atoms with E-state index in [0.29, 0.717) is 6.61 Å². The maximum atomic E-state index is 11.6. The Balaban J connectivity index is 2.39. The molecule has 2 rings (SSSR count). The van der Waals surface area contributed by atoms with Crippen LogP contribution in [0, 0.1) is 0 Å². The summed E-state index contributed by atoms with van der Waals surface area (Å²) >= 11 is 1.71. The zero-order valence-electron chi connectivity index (χ0n) is 10.8. The van der Waals surface area contributed by atoms with Crippen molar-refractivity contribution in [1.82, 2.24) is 0 Å². The number of carbonyl (C=O) groups is 1. The number of anilines is 1. The summed E-state index contributed by atoms with van der Waals surface area (Å²) in [4.78, 5) is 11.6. The topological polar surface area (TPSA) is 38.3 Å². The van der Waals surface area contributed by atoms with Gasteiger partial charge in [-0.1, -0.05) is 18.2 Å². The van der Waals surface area contributed by atoms with Crippen molar-refractivity contribution in [1.29, 1.82) is 0 Å². The second kappa shape index (κ2) is 5.06. The molecule has 0 bridgehead atoms. The highest BCUT2D eigenvalue weighted by Crippen LogP contribution is 2.49. The van der Waals surface area contributed by atoms with E-state index in [1.165, 1.54) is 5.56 Å². The van der Waals surface area contributed by atoms with Crippen molar-refractivity contribution in [2.45, 2.75) is 18.6 Å². The van der Waals surface area contributed by atoms with E-state index in [0.717, 1.165) is 11.4 Å². The van der Waals surface area contributed by atoms with Crippen LogP contribution in [0.1, 0.15) is 19.4 Å². The van der Waals surface area contributed by atoms with E-state index in [2.05, 4.69) is 18.3 Å². The van der Waals surface area contributed by atoms with Crippen LogP contribution in [0.15, 0.2) is 36.0 Å². The molecule has 1 aromatic carbocycles. The monoisotopic (exact) mass is 263 g/mol. The van der Waals surface area contributed by atoms with Gasteiger partial charge in [0.05, 0.1) is 11.4 Å². The first kappa shape index (κ1) is 13.0. The molecular weight excluding hydrogens is 246 g/mol. The molecule has 0 amide bonds. The Bertz CT molecular complexity index is 498. The third kappa shape index (κ3) is 2.12. The fourth-order valence-electron chi connectivity index (χ4n) is 2.11. The van der Waals surface area contributed by atoms with Gasteiger partial charge in [0.1, 0.15) is 0 Å². The maximum absolute atomic E-state index is 11.6. The number of benzene rings is 1. The first-order chi connectivity index (χ1) is 8.61. The molecule has 0 radical (unpaired) electrons. The van der Waals surface area contributed by atoms with Crippen molar-refractivity contribution in [3.05, 3.63) is 41.6 Å². The van der Waals surface area contributed by atoms with Crippen LogP contribution >= 0.6 is 11.8 Å². The number of rotatable bonds is 3. The zero-order valence-corrected chi connectivity index (χ0v) is 11.6. The van der Waals surface area contributed by atoms with E-state index in [-0.39, 0.29) is 10.7 Å². The predicted octanol–water partition coefficient (Wildman–Crippen LogP) is 3.14. The molecular formula is C14H17NO2S. The van der Waals surface area contributed by atoms with Gasteiger partial charge in [0.15, 0.2) is 0 Å². The lowest BCUT2D eigenvalue weighted by Crippen LogP contribution is -2.19. The Morgan fingerprint density at radius 1 is 1.50 bits per heavy atom. The van der Waals surface area contributed by atoms with Gasteiger partial charge in [0.25, 0.3) is 0 Å². The molecule has 96 valence electrons. The van der Waals surface area contributed by atoms with E-state index in [1.54, 1.807) is 24.8 Å². The summed E-state index contributed by atoms with van der Waals surface area (Å²) in [6.07, 6.45) is 3.60. The van der Waals surface area contributed by atoms with Gasteiger partial charge in [0.2, 0.25) is 0 Å². The van der Waals surface area contributed by atoms with Gasteiger partial charge < -0.3 is 10.1 Å². The fourth-order valence-corrected chi connectivity index (χ4v) is 2.84. The first-order valence-corrected chi connectivity index (χ1v) is 7.15. The second-order valence-corrected chi connectivity index (χ2v) is 5.44. The summed E-state index contributed by atoms with van der Waals surface area (Å²) in [6.45, 7) is 4.31. The highest BCUT2D eigenvalue weighted by Gasteiger charge is 2.38. The lowest BCUT2D eigenvalue weighted by Gasteiger charge is -2.23. The van der Waals surface area contributed by atoms with Gasteiger partial charge in [-0.05, 0) is 31.7 Å². The average Bonchev–Trinajstić information content (AvgIpc) is 2.64. The van der Waals surface area contributed by atoms with Crippen molar-refractivity contribution < 1.29 is 9.53 Å². The SMILES string of the molecule is CCOC(=O)/C=C1\Nc2ccccc2C1(C)SC.